The second-order valence-electron chi connectivity index (χ2n) is 6.42. The fourth-order valence-electron chi connectivity index (χ4n) is 3.33. The molecule has 27 heavy (non-hydrogen) atoms. The molecule has 2 N–H and O–H groups in total. The number of nitrogens with one attached hydrogen (secondary N) is 1. The standard InChI is InChI=1S/C20H23ClN2O4/c1-26-17-7-8-18(27-2)20-15(17)11-23(12-16(20)24)10-9-19(25)22-14-5-3-13(21)4-6-14/h3-8,16,24H,9-12H2,1-2H3,(H,22,25)/t16-/m0/s1. The van der Waals surface area contributed by atoms with Gasteiger partial charge in [-0.25, -0.2) is 0 Å². The molecule has 1 amide bonds. The van der Waals surface area contributed by atoms with Crippen LogP contribution in [0.2, 0.25) is 5.02 Å². The van der Waals surface area contributed by atoms with Gasteiger partial charge in [-0.15, -0.1) is 0 Å². The molecule has 3 rings (SSSR count). The summed E-state index contributed by atoms with van der Waals surface area (Å²) in [5.41, 5.74) is 2.37. The lowest BCUT2D eigenvalue weighted by molar-refractivity contribution is -0.116. The summed E-state index contributed by atoms with van der Waals surface area (Å²) in [6, 6.07) is 10.6. The third kappa shape index (κ3) is 4.53. The number of methoxy groups -OCH3 is 2. The molecule has 0 saturated heterocycles. The van der Waals surface area contributed by atoms with Crippen molar-refractivity contribution in [2.75, 3.05) is 32.6 Å². The molecule has 0 aliphatic carbocycles. The summed E-state index contributed by atoms with van der Waals surface area (Å²) in [6.45, 7) is 1.54. The lowest BCUT2D eigenvalue weighted by atomic mass is 9.95. The van der Waals surface area contributed by atoms with E-state index >= 15 is 0 Å². The molecule has 0 spiro atoms. The highest BCUT2D eigenvalue weighted by molar-refractivity contribution is 6.30. The smallest absolute Gasteiger partial charge is 0.225 e. The molecule has 1 aliphatic rings. The zero-order chi connectivity index (χ0) is 19.4. The van der Waals surface area contributed by atoms with E-state index in [1.54, 1.807) is 44.6 Å². The molecule has 0 saturated carbocycles. The number of carbonyl (C=O) groups is 1. The van der Waals surface area contributed by atoms with Crippen molar-refractivity contribution in [3.05, 3.63) is 52.5 Å². The molecule has 0 bridgehead atoms. The van der Waals surface area contributed by atoms with Gasteiger partial charge in [-0.2, -0.15) is 0 Å². The molecular formula is C20H23ClN2O4. The number of hydrogen-bond acceptors (Lipinski definition) is 5. The van der Waals surface area contributed by atoms with Crippen LogP contribution in [-0.2, 0) is 11.3 Å². The fourth-order valence-corrected chi connectivity index (χ4v) is 3.46. The molecule has 0 radical (unpaired) electrons. The van der Waals surface area contributed by atoms with Crippen LogP contribution in [0.4, 0.5) is 5.69 Å². The lowest BCUT2D eigenvalue weighted by Gasteiger charge is -2.33. The normalized spacial score (nSPS) is 16.5. The summed E-state index contributed by atoms with van der Waals surface area (Å²) in [5, 5.41) is 14.1. The molecule has 0 unspecified atom stereocenters. The third-order valence-electron chi connectivity index (χ3n) is 4.64. The Kier molecular flexibility index (Phi) is 6.21. The average Bonchev–Trinajstić information content (AvgIpc) is 2.67. The summed E-state index contributed by atoms with van der Waals surface area (Å²) in [5.74, 6) is 1.27. The molecule has 1 heterocycles. The molecule has 144 valence electrons. The summed E-state index contributed by atoms with van der Waals surface area (Å²) in [6.07, 6.45) is -0.380. The highest BCUT2D eigenvalue weighted by Gasteiger charge is 2.29. The van der Waals surface area contributed by atoms with Crippen LogP contribution < -0.4 is 14.8 Å². The predicted octanol–water partition coefficient (Wildman–Crippen LogP) is 3.24. The third-order valence-corrected chi connectivity index (χ3v) is 4.90. The Morgan fingerprint density at radius 2 is 1.85 bits per heavy atom. The second kappa shape index (κ2) is 8.61. The number of anilines is 1. The number of aliphatic hydroxyl groups excluding tert-OH is 1. The van der Waals surface area contributed by atoms with E-state index in [4.69, 9.17) is 21.1 Å². The molecular weight excluding hydrogens is 368 g/mol. The quantitative estimate of drug-likeness (QED) is 0.792. The van der Waals surface area contributed by atoms with Gasteiger partial charge < -0.3 is 19.9 Å². The predicted molar refractivity (Wildman–Crippen MR) is 104 cm³/mol. The number of amides is 1. The number of rotatable bonds is 6. The summed E-state index contributed by atoms with van der Waals surface area (Å²) >= 11 is 5.85. The zero-order valence-corrected chi connectivity index (χ0v) is 16.1. The van der Waals surface area contributed by atoms with Gasteiger partial charge in [0.1, 0.15) is 11.5 Å². The first-order chi connectivity index (χ1) is 13.0. The Morgan fingerprint density at radius 1 is 1.19 bits per heavy atom. The first-order valence-corrected chi connectivity index (χ1v) is 9.09. The van der Waals surface area contributed by atoms with E-state index in [-0.39, 0.29) is 5.91 Å². The number of ether oxygens (including phenoxy) is 2. The Morgan fingerprint density at radius 3 is 2.52 bits per heavy atom. The number of β-amino-alcohol motifs (C(OH)–C–C–N with tert-alkyl or cyclic N) is 1. The molecule has 2 aromatic carbocycles. The van der Waals surface area contributed by atoms with Gasteiger partial charge in [-0.05, 0) is 36.4 Å². The van der Waals surface area contributed by atoms with Crippen molar-refractivity contribution >= 4 is 23.2 Å². The molecule has 2 aromatic rings. The van der Waals surface area contributed by atoms with Crippen molar-refractivity contribution < 1.29 is 19.4 Å². The van der Waals surface area contributed by atoms with E-state index in [0.717, 1.165) is 11.1 Å². The van der Waals surface area contributed by atoms with Gasteiger partial charge in [0.25, 0.3) is 0 Å². The maximum absolute atomic E-state index is 12.2. The van der Waals surface area contributed by atoms with Gasteiger partial charge in [-0.1, -0.05) is 11.6 Å². The Bertz CT molecular complexity index is 810. The molecule has 1 aliphatic heterocycles. The second-order valence-corrected chi connectivity index (χ2v) is 6.85. The van der Waals surface area contributed by atoms with Crippen molar-refractivity contribution in [1.29, 1.82) is 0 Å². The van der Waals surface area contributed by atoms with E-state index in [1.165, 1.54) is 0 Å². The van der Waals surface area contributed by atoms with Crippen LogP contribution in [0, 0.1) is 0 Å². The molecule has 0 aromatic heterocycles. The number of fused-ring (bicyclic) bond motifs is 1. The minimum atomic E-state index is -0.696. The van der Waals surface area contributed by atoms with Gasteiger partial charge in [0.15, 0.2) is 0 Å². The van der Waals surface area contributed by atoms with Gasteiger partial charge in [0.2, 0.25) is 5.91 Å². The van der Waals surface area contributed by atoms with Crippen LogP contribution in [-0.4, -0.2) is 43.2 Å². The van der Waals surface area contributed by atoms with E-state index in [9.17, 15) is 9.90 Å². The topological polar surface area (TPSA) is 71.0 Å². The lowest BCUT2D eigenvalue weighted by Crippen LogP contribution is -2.36. The van der Waals surface area contributed by atoms with E-state index in [2.05, 4.69) is 5.32 Å². The Labute approximate surface area is 163 Å². The van der Waals surface area contributed by atoms with Crippen LogP contribution in [0.25, 0.3) is 0 Å². The van der Waals surface area contributed by atoms with Crippen LogP contribution in [0.3, 0.4) is 0 Å². The highest BCUT2D eigenvalue weighted by Crippen LogP contribution is 2.39. The molecule has 6 nitrogen and oxygen atoms in total. The maximum atomic E-state index is 12.2. The van der Waals surface area contributed by atoms with Gasteiger partial charge in [0, 0.05) is 47.9 Å². The molecule has 1 atom stereocenters. The van der Waals surface area contributed by atoms with Crippen LogP contribution >= 0.6 is 11.6 Å². The van der Waals surface area contributed by atoms with Crippen LogP contribution in [0.5, 0.6) is 11.5 Å². The number of hydrogen-bond donors (Lipinski definition) is 2. The average molecular weight is 391 g/mol. The minimum Gasteiger partial charge on any atom is -0.496 e. The number of halogens is 1. The first kappa shape index (κ1) is 19.5. The molecule has 7 heteroatoms. The fraction of sp³-hybridized carbons (Fsp3) is 0.350. The zero-order valence-electron chi connectivity index (χ0n) is 15.4. The van der Waals surface area contributed by atoms with Gasteiger partial charge in [-0.3, -0.25) is 9.69 Å². The van der Waals surface area contributed by atoms with Crippen LogP contribution in [0.1, 0.15) is 23.7 Å². The minimum absolute atomic E-state index is 0.0878. The van der Waals surface area contributed by atoms with Crippen LogP contribution in [0.15, 0.2) is 36.4 Å². The highest BCUT2D eigenvalue weighted by atomic mass is 35.5. The van der Waals surface area contributed by atoms with Crippen molar-refractivity contribution in [1.82, 2.24) is 4.90 Å². The van der Waals surface area contributed by atoms with Crippen molar-refractivity contribution in [2.24, 2.45) is 0 Å². The first-order valence-electron chi connectivity index (χ1n) is 8.71. The number of aliphatic hydroxyl groups is 1. The monoisotopic (exact) mass is 390 g/mol. The molecule has 0 fully saturated rings. The summed E-state index contributed by atoms with van der Waals surface area (Å²) in [4.78, 5) is 14.3. The number of benzene rings is 2. The largest absolute Gasteiger partial charge is 0.496 e. The number of carbonyl (C=O) groups excluding carboxylic acids is 1. The van der Waals surface area contributed by atoms with E-state index in [0.29, 0.717) is 48.3 Å². The van der Waals surface area contributed by atoms with Gasteiger partial charge >= 0.3 is 0 Å². The summed E-state index contributed by atoms with van der Waals surface area (Å²) < 4.78 is 10.8. The Balaban J connectivity index is 1.64. The maximum Gasteiger partial charge on any atom is 0.225 e. The Hall–Kier alpha value is -2.28. The van der Waals surface area contributed by atoms with Gasteiger partial charge in [0.05, 0.1) is 20.3 Å². The van der Waals surface area contributed by atoms with E-state index in [1.807, 2.05) is 11.0 Å². The SMILES string of the molecule is COc1ccc(OC)c2c1CN(CCC(=O)Nc1ccc(Cl)cc1)C[C@@H]2O. The summed E-state index contributed by atoms with van der Waals surface area (Å²) in [7, 11) is 3.19. The number of nitrogens with zero attached hydrogens (tertiary/aromatic N) is 1. The van der Waals surface area contributed by atoms with Crippen molar-refractivity contribution in [2.45, 2.75) is 19.1 Å². The van der Waals surface area contributed by atoms with Crippen molar-refractivity contribution in [3.8, 4) is 11.5 Å². The van der Waals surface area contributed by atoms with Crippen molar-refractivity contribution in [3.63, 3.8) is 0 Å². The van der Waals surface area contributed by atoms with E-state index < -0.39 is 6.10 Å².